The summed E-state index contributed by atoms with van der Waals surface area (Å²) in [6, 6.07) is 0.412. The van der Waals surface area contributed by atoms with E-state index < -0.39 is 0 Å². The van der Waals surface area contributed by atoms with Crippen molar-refractivity contribution >= 4 is 22.6 Å². The zero-order chi connectivity index (χ0) is 10.9. The molecular weight excluding hydrogens is 307 g/mol. The summed E-state index contributed by atoms with van der Waals surface area (Å²) < 4.78 is 11.6. The third-order valence-electron chi connectivity index (χ3n) is 1.70. The predicted octanol–water partition coefficient (Wildman–Crippen LogP) is 2.28. The highest BCUT2D eigenvalue weighted by molar-refractivity contribution is 14.1. The van der Waals surface area contributed by atoms with Gasteiger partial charge in [-0.2, -0.15) is 0 Å². The highest BCUT2D eigenvalue weighted by Gasteiger charge is 1.96. The number of halogens is 1. The smallest absolute Gasteiger partial charge is 0.316 e. The average Bonchev–Trinajstić information content (AvgIpc) is 2.26. The normalized spacial score (nSPS) is 10.3. The van der Waals surface area contributed by atoms with Crippen LogP contribution in [-0.2, 0) is 4.74 Å². The van der Waals surface area contributed by atoms with Gasteiger partial charge in [0.2, 0.25) is 0 Å². The number of nitrogens with zero attached hydrogens (tertiary/aromatic N) is 2. The number of aromatic nitrogens is 2. The van der Waals surface area contributed by atoms with E-state index in [1.807, 2.05) is 0 Å². The molecule has 5 heteroatoms. The monoisotopic (exact) mass is 322 g/mol. The van der Waals surface area contributed by atoms with E-state index in [0.29, 0.717) is 19.2 Å². The first kappa shape index (κ1) is 12.6. The fourth-order valence-corrected chi connectivity index (χ4v) is 1.19. The van der Waals surface area contributed by atoms with E-state index in [0.717, 1.165) is 23.0 Å². The minimum absolute atomic E-state index is 0.412. The molecule has 0 saturated carbocycles. The van der Waals surface area contributed by atoms with Crippen LogP contribution in [0.15, 0.2) is 12.4 Å². The van der Waals surface area contributed by atoms with Gasteiger partial charge in [-0.3, -0.25) is 0 Å². The van der Waals surface area contributed by atoms with Gasteiger partial charge in [0.15, 0.2) is 0 Å². The second-order valence-electron chi connectivity index (χ2n) is 3.00. The van der Waals surface area contributed by atoms with Gasteiger partial charge in [0, 0.05) is 22.6 Å². The number of unbranched alkanes of at least 4 members (excludes halogenated alkanes) is 1. The second-order valence-corrected chi connectivity index (χ2v) is 4.24. The molecule has 0 N–H and O–H groups in total. The molecule has 0 radical (unpaired) electrons. The molecule has 0 bridgehead atoms. The molecular formula is C10H15IN2O2. The van der Waals surface area contributed by atoms with Gasteiger partial charge in [-0.1, -0.05) is 13.3 Å². The third-order valence-corrected chi connectivity index (χ3v) is 2.25. The number of hydrogen-bond donors (Lipinski definition) is 0. The van der Waals surface area contributed by atoms with Gasteiger partial charge in [0.05, 0.1) is 6.61 Å². The number of rotatable bonds is 7. The highest BCUT2D eigenvalue weighted by atomic mass is 127. The summed E-state index contributed by atoms with van der Waals surface area (Å²) in [5.41, 5.74) is 0. The number of ether oxygens (including phenoxy) is 2. The van der Waals surface area contributed by atoms with Gasteiger partial charge >= 0.3 is 6.01 Å². The highest BCUT2D eigenvalue weighted by Crippen LogP contribution is 2.04. The van der Waals surface area contributed by atoms with E-state index in [1.165, 1.54) is 0 Å². The molecule has 84 valence electrons. The molecule has 1 aromatic rings. The zero-order valence-corrected chi connectivity index (χ0v) is 10.9. The average molecular weight is 322 g/mol. The summed E-state index contributed by atoms with van der Waals surface area (Å²) in [6.45, 7) is 4.03. The topological polar surface area (TPSA) is 44.2 Å². The lowest BCUT2D eigenvalue weighted by atomic mass is 10.4. The Morgan fingerprint density at radius 2 is 1.93 bits per heavy atom. The molecule has 0 atom stereocenters. The fraction of sp³-hybridized carbons (Fsp3) is 0.600. The molecule has 1 aromatic heterocycles. The molecule has 0 aromatic carbocycles. The van der Waals surface area contributed by atoms with Crippen LogP contribution >= 0.6 is 22.6 Å². The second kappa shape index (κ2) is 7.81. The Hall–Kier alpha value is -0.430. The van der Waals surface area contributed by atoms with Crippen LogP contribution in [0, 0.1) is 3.57 Å². The SMILES string of the molecule is CCCCOCCOc1ncc(I)cn1. The van der Waals surface area contributed by atoms with Crippen molar-refractivity contribution in [3.8, 4) is 6.01 Å². The Kier molecular flexibility index (Phi) is 6.58. The molecule has 0 amide bonds. The Morgan fingerprint density at radius 1 is 1.20 bits per heavy atom. The first-order chi connectivity index (χ1) is 7.33. The summed E-state index contributed by atoms with van der Waals surface area (Å²) in [5.74, 6) is 0. The Balaban J connectivity index is 2.07. The van der Waals surface area contributed by atoms with Gasteiger partial charge in [-0.05, 0) is 29.0 Å². The zero-order valence-electron chi connectivity index (χ0n) is 8.78. The fourth-order valence-electron chi connectivity index (χ4n) is 0.915. The maximum absolute atomic E-state index is 5.34. The maximum atomic E-state index is 5.34. The lowest BCUT2D eigenvalue weighted by Crippen LogP contribution is -2.09. The van der Waals surface area contributed by atoms with Crippen LogP contribution in [0.5, 0.6) is 6.01 Å². The Labute approximate surface area is 104 Å². The molecule has 1 rings (SSSR count). The largest absolute Gasteiger partial charge is 0.461 e. The molecule has 0 aliphatic rings. The summed E-state index contributed by atoms with van der Waals surface area (Å²) in [4.78, 5) is 8.03. The lowest BCUT2D eigenvalue weighted by molar-refractivity contribution is 0.0947. The molecule has 15 heavy (non-hydrogen) atoms. The number of hydrogen-bond acceptors (Lipinski definition) is 4. The van der Waals surface area contributed by atoms with Crippen molar-refractivity contribution in [1.82, 2.24) is 9.97 Å². The molecule has 0 aliphatic heterocycles. The molecule has 1 heterocycles. The van der Waals surface area contributed by atoms with Crippen LogP contribution in [0.1, 0.15) is 19.8 Å². The van der Waals surface area contributed by atoms with Crippen LogP contribution in [0.2, 0.25) is 0 Å². The maximum Gasteiger partial charge on any atom is 0.316 e. The Bertz CT molecular complexity index is 267. The third kappa shape index (κ3) is 5.88. The summed E-state index contributed by atoms with van der Waals surface area (Å²) in [6.07, 6.45) is 5.70. The molecule has 0 unspecified atom stereocenters. The predicted molar refractivity (Wildman–Crippen MR) is 66.0 cm³/mol. The molecule has 0 aliphatic carbocycles. The van der Waals surface area contributed by atoms with Gasteiger partial charge in [0.25, 0.3) is 0 Å². The van der Waals surface area contributed by atoms with Crippen LogP contribution in [0.25, 0.3) is 0 Å². The van der Waals surface area contributed by atoms with Crippen molar-refractivity contribution in [2.24, 2.45) is 0 Å². The van der Waals surface area contributed by atoms with E-state index in [9.17, 15) is 0 Å². The van der Waals surface area contributed by atoms with E-state index in [4.69, 9.17) is 9.47 Å². The molecule has 0 fully saturated rings. The standard InChI is InChI=1S/C10H15IN2O2/c1-2-3-4-14-5-6-15-10-12-7-9(11)8-13-10/h7-8H,2-6H2,1H3. The van der Waals surface area contributed by atoms with Gasteiger partial charge in [0.1, 0.15) is 6.61 Å². The summed E-state index contributed by atoms with van der Waals surface area (Å²) >= 11 is 2.15. The van der Waals surface area contributed by atoms with Crippen molar-refractivity contribution < 1.29 is 9.47 Å². The first-order valence-electron chi connectivity index (χ1n) is 5.01. The van der Waals surface area contributed by atoms with Gasteiger partial charge in [-0.25, -0.2) is 9.97 Å². The van der Waals surface area contributed by atoms with Crippen molar-refractivity contribution in [1.29, 1.82) is 0 Å². The van der Waals surface area contributed by atoms with Crippen LogP contribution in [0.3, 0.4) is 0 Å². The van der Waals surface area contributed by atoms with E-state index in [-0.39, 0.29) is 0 Å². The summed E-state index contributed by atoms with van der Waals surface area (Å²) in [5, 5.41) is 0. The van der Waals surface area contributed by atoms with Crippen molar-refractivity contribution in [3.63, 3.8) is 0 Å². The van der Waals surface area contributed by atoms with Crippen LogP contribution in [-0.4, -0.2) is 29.8 Å². The van der Waals surface area contributed by atoms with Crippen LogP contribution < -0.4 is 4.74 Å². The van der Waals surface area contributed by atoms with Gasteiger partial charge < -0.3 is 9.47 Å². The Morgan fingerprint density at radius 3 is 2.60 bits per heavy atom. The van der Waals surface area contributed by atoms with Crippen molar-refractivity contribution in [3.05, 3.63) is 16.0 Å². The first-order valence-corrected chi connectivity index (χ1v) is 6.09. The van der Waals surface area contributed by atoms with E-state index >= 15 is 0 Å². The minimum atomic E-state index is 0.412. The van der Waals surface area contributed by atoms with Crippen molar-refractivity contribution in [2.75, 3.05) is 19.8 Å². The van der Waals surface area contributed by atoms with E-state index in [1.54, 1.807) is 12.4 Å². The van der Waals surface area contributed by atoms with Crippen molar-refractivity contribution in [2.45, 2.75) is 19.8 Å². The molecule has 0 saturated heterocycles. The summed E-state index contributed by atoms with van der Waals surface area (Å²) in [7, 11) is 0. The van der Waals surface area contributed by atoms with Crippen LogP contribution in [0.4, 0.5) is 0 Å². The molecule has 4 nitrogen and oxygen atoms in total. The van der Waals surface area contributed by atoms with Gasteiger partial charge in [-0.15, -0.1) is 0 Å². The lowest BCUT2D eigenvalue weighted by Gasteiger charge is -2.04. The minimum Gasteiger partial charge on any atom is -0.461 e. The van der Waals surface area contributed by atoms with E-state index in [2.05, 4.69) is 39.5 Å². The quantitative estimate of drug-likeness (QED) is 0.571. The molecule has 0 spiro atoms.